The number of quaternary nitrogens is 1. The molecule has 1 rings (SSSR count). The molecule has 5 heteroatoms. The molecule has 20 heavy (non-hydrogen) atoms. The normalized spacial score (nSPS) is 13.1. The SMILES string of the molecule is CCC(C)(C)NC(=O)C[NH+](C)Cc1ccc(Cl)c(Cl)c1. The van der Waals surface area contributed by atoms with Gasteiger partial charge in [0, 0.05) is 11.1 Å². The van der Waals surface area contributed by atoms with Gasteiger partial charge in [-0.2, -0.15) is 0 Å². The summed E-state index contributed by atoms with van der Waals surface area (Å²) in [6.07, 6.45) is 0.907. The van der Waals surface area contributed by atoms with Gasteiger partial charge in [-0.3, -0.25) is 4.79 Å². The van der Waals surface area contributed by atoms with Crippen LogP contribution in [0, 0.1) is 0 Å². The molecule has 0 bridgehead atoms. The second-order valence-electron chi connectivity index (χ2n) is 5.84. The minimum atomic E-state index is -0.152. The molecule has 0 aliphatic carbocycles. The first-order chi connectivity index (χ1) is 9.23. The van der Waals surface area contributed by atoms with Gasteiger partial charge in [0.25, 0.3) is 5.91 Å². The van der Waals surface area contributed by atoms with E-state index in [-0.39, 0.29) is 11.4 Å². The summed E-state index contributed by atoms with van der Waals surface area (Å²) in [4.78, 5) is 13.1. The van der Waals surface area contributed by atoms with Crippen molar-refractivity contribution in [2.24, 2.45) is 0 Å². The van der Waals surface area contributed by atoms with E-state index >= 15 is 0 Å². The number of benzene rings is 1. The molecule has 0 saturated carbocycles. The van der Waals surface area contributed by atoms with E-state index < -0.39 is 0 Å². The summed E-state index contributed by atoms with van der Waals surface area (Å²) in [5.74, 6) is 0.0643. The van der Waals surface area contributed by atoms with E-state index in [1.54, 1.807) is 6.07 Å². The Morgan fingerprint density at radius 2 is 1.95 bits per heavy atom. The first-order valence-corrected chi connectivity index (χ1v) is 7.55. The number of amides is 1. The first kappa shape index (κ1) is 17.3. The topological polar surface area (TPSA) is 33.5 Å². The molecule has 3 nitrogen and oxygen atoms in total. The Morgan fingerprint density at radius 1 is 1.30 bits per heavy atom. The van der Waals surface area contributed by atoms with Crippen molar-refractivity contribution in [3.05, 3.63) is 33.8 Å². The van der Waals surface area contributed by atoms with E-state index in [1.165, 1.54) is 0 Å². The van der Waals surface area contributed by atoms with Crippen LogP contribution in [0.5, 0.6) is 0 Å². The summed E-state index contributed by atoms with van der Waals surface area (Å²) >= 11 is 11.9. The van der Waals surface area contributed by atoms with Gasteiger partial charge in [-0.1, -0.05) is 36.2 Å². The summed E-state index contributed by atoms with van der Waals surface area (Å²) in [7, 11) is 1.99. The van der Waals surface area contributed by atoms with Crippen LogP contribution in [-0.4, -0.2) is 25.0 Å². The maximum absolute atomic E-state index is 12.0. The van der Waals surface area contributed by atoms with Crippen LogP contribution in [0.15, 0.2) is 18.2 Å². The number of carbonyl (C=O) groups is 1. The second-order valence-corrected chi connectivity index (χ2v) is 6.66. The zero-order valence-corrected chi connectivity index (χ0v) is 14.0. The van der Waals surface area contributed by atoms with Crippen molar-refractivity contribution in [3.8, 4) is 0 Å². The van der Waals surface area contributed by atoms with Crippen LogP contribution >= 0.6 is 23.2 Å². The van der Waals surface area contributed by atoms with E-state index in [9.17, 15) is 4.79 Å². The summed E-state index contributed by atoms with van der Waals surface area (Å²) in [5, 5.41) is 4.14. The van der Waals surface area contributed by atoms with E-state index in [0.29, 0.717) is 16.6 Å². The number of halogens is 2. The van der Waals surface area contributed by atoms with Crippen molar-refractivity contribution < 1.29 is 9.69 Å². The molecule has 112 valence electrons. The van der Waals surface area contributed by atoms with Crippen LogP contribution in [0.2, 0.25) is 10.0 Å². The fraction of sp³-hybridized carbons (Fsp3) is 0.533. The Morgan fingerprint density at radius 3 is 2.50 bits per heavy atom. The highest BCUT2D eigenvalue weighted by Crippen LogP contribution is 2.22. The number of rotatable bonds is 6. The molecule has 1 amide bonds. The number of carbonyl (C=O) groups excluding carboxylic acids is 1. The Bertz CT molecular complexity index is 475. The van der Waals surface area contributed by atoms with Gasteiger partial charge in [0.2, 0.25) is 0 Å². The lowest BCUT2D eigenvalue weighted by Gasteiger charge is -2.25. The summed E-state index contributed by atoms with van der Waals surface area (Å²) in [6, 6.07) is 5.57. The highest BCUT2D eigenvalue weighted by molar-refractivity contribution is 6.42. The summed E-state index contributed by atoms with van der Waals surface area (Å²) < 4.78 is 0. The molecular weight excluding hydrogens is 295 g/mol. The van der Waals surface area contributed by atoms with Crippen LogP contribution < -0.4 is 10.2 Å². The largest absolute Gasteiger partial charge is 0.346 e. The molecular formula is C15H23Cl2N2O+. The molecule has 0 saturated heterocycles. The standard InChI is InChI=1S/C15H22Cl2N2O/c1-5-15(2,3)18-14(20)10-19(4)9-11-6-7-12(16)13(17)8-11/h6-8H,5,9-10H2,1-4H3,(H,18,20)/p+1. The molecule has 1 aromatic rings. The van der Waals surface area contributed by atoms with Crippen molar-refractivity contribution in [1.82, 2.24) is 5.32 Å². The van der Waals surface area contributed by atoms with Crippen LogP contribution in [0.3, 0.4) is 0 Å². The van der Waals surface area contributed by atoms with Gasteiger partial charge in [0.15, 0.2) is 6.54 Å². The van der Waals surface area contributed by atoms with E-state index in [2.05, 4.69) is 12.2 Å². The van der Waals surface area contributed by atoms with Gasteiger partial charge in [0.05, 0.1) is 17.1 Å². The third-order valence-electron chi connectivity index (χ3n) is 3.31. The maximum atomic E-state index is 12.0. The molecule has 0 radical (unpaired) electrons. The first-order valence-electron chi connectivity index (χ1n) is 6.79. The Labute approximate surface area is 131 Å². The van der Waals surface area contributed by atoms with Crippen molar-refractivity contribution in [3.63, 3.8) is 0 Å². The molecule has 0 aliphatic rings. The number of hydrogen-bond donors (Lipinski definition) is 2. The third kappa shape index (κ3) is 5.70. The summed E-state index contributed by atoms with van der Waals surface area (Å²) in [6.45, 7) is 7.28. The van der Waals surface area contributed by atoms with E-state index in [4.69, 9.17) is 23.2 Å². The predicted octanol–water partition coefficient (Wildman–Crippen LogP) is 2.31. The average molecular weight is 318 g/mol. The lowest BCUT2D eigenvalue weighted by atomic mass is 10.0. The minimum Gasteiger partial charge on any atom is -0.346 e. The van der Waals surface area contributed by atoms with Gasteiger partial charge < -0.3 is 10.2 Å². The van der Waals surface area contributed by atoms with Crippen LogP contribution in [0.1, 0.15) is 32.8 Å². The molecule has 1 aromatic carbocycles. The van der Waals surface area contributed by atoms with Gasteiger partial charge in [-0.15, -0.1) is 0 Å². The van der Waals surface area contributed by atoms with E-state index in [1.807, 2.05) is 33.0 Å². The zero-order valence-electron chi connectivity index (χ0n) is 12.5. The average Bonchev–Trinajstić information content (AvgIpc) is 2.33. The van der Waals surface area contributed by atoms with E-state index in [0.717, 1.165) is 23.4 Å². The molecule has 0 fully saturated rings. The van der Waals surface area contributed by atoms with Crippen molar-refractivity contribution in [2.75, 3.05) is 13.6 Å². The second kappa shape index (κ2) is 7.30. The van der Waals surface area contributed by atoms with Crippen molar-refractivity contribution in [2.45, 2.75) is 39.3 Å². The highest BCUT2D eigenvalue weighted by atomic mass is 35.5. The monoisotopic (exact) mass is 317 g/mol. The lowest BCUT2D eigenvalue weighted by Crippen LogP contribution is -3.09. The molecule has 0 heterocycles. The minimum absolute atomic E-state index is 0.0643. The fourth-order valence-electron chi connectivity index (χ4n) is 1.84. The van der Waals surface area contributed by atoms with Gasteiger partial charge >= 0.3 is 0 Å². The number of likely N-dealkylation sites (N-methyl/N-ethyl adjacent to an activating group) is 1. The zero-order chi connectivity index (χ0) is 15.3. The predicted molar refractivity (Wildman–Crippen MR) is 84.4 cm³/mol. The molecule has 0 aromatic heterocycles. The molecule has 1 unspecified atom stereocenters. The number of hydrogen-bond acceptors (Lipinski definition) is 1. The molecule has 2 N–H and O–H groups in total. The van der Waals surface area contributed by atoms with Gasteiger partial charge in [-0.25, -0.2) is 0 Å². The highest BCUT2D eigenvalue weighted by Gasteiger charge is 2.20. The van der Waals surface area contributed by atoms with Crippen molar-refractivity contribution >= 4 is 29.1 Å². The van der Waals surface area contributed by atoms with Crippen LogP contribution in [-0.2, 0) is 11.3 Å². The van der Waals surface area contributed by atoms with Gasteiger partial charge in [-0.05, 0) is 32.4 Å². The smallest absolute Gasteiger partial charge is 0.275 e. The van der Waals surface area contributed by atoms with Crippen LogP contribution in [0.25, 0.3) is 0 Å². The van der Waals surface area contributed by atoms with Crippen LogP contribution in [0.4, 0.5) is 0 Å². The maximum Gasteiger partial charge on any atom is 0.275 e. The molecule has 0 spiro atoms. The fourth-order valence-corrected chi connectivity index (χ4v) is 2.17. The number of nitrogens with one attached hydrogen (secondary N) is 2. The molecule has 0 aliphatic heterocycles. The summed E-state index contributed by atoms with van der Waals surface area (Å²) in [5.41, 5.74) is 0.917. The van der Waals surface area contributed by atoms with Crippen molar-refractivity contribution in [1.29, 1.82) is 0 Å². The molecule has 1 atom stereocenters. The quantitative estimate of drug-likeness (QED) is 0.829. The lowest BCUT2D eigenvalue weighted by molar-refractivity contribution is -0.885. The van der Waals surface area contributed by atoms with Gasteiger partial charge in [0.1, 0.15) is 6.54 Å². The Balaban J connectivity index is 2.53. The third-order valence-corrected chi connectivity index (χ3v) is 4.05. The Hall–Kier alpha value is -0.770. The Kier molecular flexibility index (Phi) is 6.31.